The lowest BCUT2D eigenvalue weighted by molar-refractivity contribution is -0.112. The molecule has 1 heterocycles. The third-order valence-electron chi connectivity index (χ3n) is 4.81. The molecule has 1 aliphatic rings. The summed E-state index contributed by atoms with van der Waals surface area (Å²) in [5.74, 6) is 1.55. The highest BCUT2D eigenvalue weighted by Crippen LogP contribution is 2.28. The minimum atomic E-state index is -0.392. The fraction of sp³-hybridized carbons (Fsp3) is 0.333. The van der Waals surface area contributed by atoms with Crippen molar-refractivity contribution in [3.05, 3.63) is 60.4 Å². The van der Waals surface area contributed by atoms with E-state index in [0.29, 0.717) is 42.6 Å². The molecule has 0 saturated carbocycles. The standard InChI is InChI=1S/C24H28N2O7/c1-4-31-12-11-23(27)25-18-6-8-19(9-7-18)32-16-20-15-26(24(28)33-20)14-17-5-10-21(29-2)22(13-17)30-3/h5-13,20H,4,14-16H2,1-3H3,(H,25,27). The number of anilines is 1. The molecular weight excluding hydrogens is 428 g/mol. The highest BCUT2D eigenvalue weighted by Gasteiger charge is 2.31. The van der Waals surface area contributed by atoms with Crippen LogP contribution in [0.4, 0.5) is 10.5 Å². The van der Waals surface area contributed by atoms with Crippen molar-refractivity contribution in [2.75, 3.05) is 39.3 Å². The Morgan fingerprint density at radius 3 is 2.61 bits per heavy atom. The van der Waals surface area contributed by atoms with Crippen LogP contribution < -0.4 is 19.5 Å². The van der Waals surface area contributed by atoms with Gasteiger partial charge in [0, 0.05) is 18.3 Å². The molecule has 2 aromatic carbocycles. The molecule has 1 saturated heterocycles. The number of carbonyl (C=O) groups excluding carboxylic acids is 2. The molecule has 1 N–H and O–H groups in total. The van der Waals surface area contributed by atoms with Gasteiger partial charge in [0.2, 0.25) is 0 Å². The molecule has 1 atom stereocenters. The number of nitrogens with one attached hydrogen (secondary N) is 1. The SMILES string of the molecule is CCOC=CC(=O)Nc1ccc(OCC2CN(Cc3ccc(OC)c(OC)c3)C(=O)O2)cc1. The quantitative estimate of drug-likeness (QED) is 0.408. The van der Waals surface area contributed by atoms with Crippen LogP contribution in [0.15, 0.2) is 54.8 Å². The number of hydrogen-bond donors (Lipinski definition) is 1. The van der Waals surface area contributed by atoms with E-state index in [4.69, 9.17) is 23.7 Å². The number of cyclic esters (lactones) is 1. The van der Waals surface area contributed by atoms with Crippen LogP contribution in [0, 0.1) is 0 Å². The van der Waals surface area contributed by atoms with Gasteiger partial charge in [0.05, 0.1) is 33.6 Å². The largest absolute Gasteiger partial charge is 0.501 e. The fourth-order valence-electron chi connectivity index (χ4n) is 3.20. The summed E-state index contributed by atoms with van der Waals surface area (Å²) in [7, 11) is 3.14. The van der Waals surface area contributed by atoms with Gasteiger partial charge in [-0.1, -0.05) is 6.07 Å². The van der Waals surface area contributed by atoms with Gasteiger partial charge in [-0.05, 0) is 48.9 Å². The van der Waals surface area contributed by atoms with Gasteiger partial charge in [-0.2, -0.15) is 0 Å². The molecule has 2 amide bonds. The first kappa shape index (κ1) is 23.8. The molecule has 3 rings (SSSR count). The summed E-state index contributed by atoms with van der Waals surface area (Å²) < 4.78 is 26.7. The number of carbonyl (C=O) groups is 2. The first-order valence-corrected chi connectivity index (χ1v) is 10.5. The number of methoxy groups -OCH3 is 2. The second-order valence-corrected chi connectivity index (χ2v) is 7.16. The topological polar surface area (TPSA) is 95.6 Å². The number of hydrogen-bond acceptors (Lipinski definition) is 7. The number of amides is 2. The van der Waals surface area contributed by atoms with Crippen LogP contribution in [-0.4, -0.2) is 57.0 Å². The Morgan fingerprint density at radius 1 is 1.15 bits per heavy atom. The van der Waals surface area contributed by atoms with Crippen LogP contribution in [0.5, 0.6) is 17.2 Å². The first-order valence-electron chi connectivity index (χ1n) is 10.5. The lowest BCUT2D eigenvalue weighted by Gasteiger charge is -2.15. The molecule has 1 fully saturated rings. The van der Waals surface area contributed by atoms with E-state index in [2.05, 4.69) is 5.32 Å². The molecule has 0 spiro atoms. The molecule has 0 radical (unpaired) electrons. The number of rotatable bonds is 11. The minimum absolute atomic E-state index is 0.219. The fourth-order valence-corrected chi connectivity index (χ4v) is 3.20. The minimum Gasteiger partial charge on any atom is -0.501 e. The summed E-state index contributed by atoms with van der Waals surface area (Å²) in [5, 5.41) is 2.72. The lowest BCUT2D eigenvalue weighted by atomic mass is 10.2. The number of benzene rings is 2. The summed E-state index contributed by atoms with van der Waals surface area (Å²) in [6.45, 7) is 3.36. The van der Waals surface area contributed by atoms with Gasteiger partial charge in [-0.15, -0.1) is 0 Å². The first-order chi connectivity index (χ1) is 16.0. The average Bonchev–Trinajstić information content (AvgIpc) is 3.17. The van der Waals surface area contributed by atoms with Crippen molar-refractivity contribution < 1.29 is 33.3 Å². The third-order valence-corrected chi connectivity index (χ3v) is 4.81. The molecule has 1 unspecified atom stereocenters. The van der Waals surface area contributed by atoms with Crippen molar-refractivity contribution in [2.45, 2.75) is 19.6 Å². The van der Waals surface area contributed by atoms with E-state index in [0.717, 1.165) is 5.56 Å². The van der Waals surface area contributed by atoms with E-state index in [1.54, 1.807) is 49.5 Å². The number of ether oxygens (including phenoxy) is 5. The van der Waals surface area contributed by atoms with Crippen molar-refractivity contribution in [3.63, 3.8) is 0 Å². The van der Waals surface area contributed by atoms with E-state index in [-0.39, 0.29) is 18.6 Å². The zero-order valence-corrected chi connectivity index (χ0v) is 18.9. The van der Waals surface area contributed by atoms with Crippen LogP contribution in [0.1, 0.15) is 12.5 Å². The lowest BCUT2D eigenvalue weighted by Crippen LogP contribution is -2.26. The maximum absolute atomic E-state index is 12.3. The summed E-state index contributed by atoms with van der Waals surface area (Å²) >= 11 is 0. The third kappa shape index (κ3) is 6.80. The number of nitrogens with zero attached hydrogens (tertiary/aromatic N) is 1. The highest BCUT2D eigenvalue weighted by molar-refractivity contribution is 5.99. The molecular formula is C24H28N2O7. The predicted molar refractivity (Wildman–Crippen MR) is 122 cm³/mol. The molecule has 9 heteroatoms. The van der Waals surface area contributed by atoms with Crippen LogP contribution in [0.25, 0.3) is 0 Å². The zero-order chi connectivity index (χ0) is 23.6. The Hall–Kier alpha value is -3.88. The molecule has 0 aliphatic carbocycles. The van der Waals surface area contributed by atoms with Crippen LogP contribution >= 0.6 is 0 Å². The van der Waals surface area contributed by atoms with Gasteiger partial charge in [0.15, 0.2) is 17.6 Å². The van der Waals surface area contributed by atoms with E-state index < -0.39 is 6.09 Å². The summed E-state index contributed by atoms with van der Waals surface area (Å²) in [4.78, 5) is 25.6. The zero-order valence-electron chi connectivity index (χ0n) is 18.9. The van der Waals surface area contributed by atoms with Gasteiger partial charge in [0.25, 0.3) is 5.91 Å². The van der Waals surface area contributed by atoms with Crippen LogP contribution in [0.3, 0.4) is 0 Å². The maximum Gasteiger partial charge on any atom is 0.410 e. The molecule has 1 aliphatic heterocycles. The van der Waals surface area contributed by atoms with Crippen molar-refractivity contribution in [3.8, 4) is 17.2 Å². The predicted octanol–water partition coefficient (Wildman–Crippen LogP) is 3.59. The Balaban J connectivity index is 1.48. The van der Waals surface area contributed by atoms with E-state index in [1.165, 1.54) is 12.3 Å². The monoisotopic (exact) mass is 456 g/mol. The molecule has 0 aromatic heterocycles. The Morgan fingerprint density at radius 2 is 1.91 bits per heavy atom. The van der Waals surface area contributed by atoms with Gasteiger partial charge in [0.1, 0.15) is 12.4 Å². The molecule has 176 valence electrons. The molecule has 2 aromatic rings. The summed E-state index contributed by atoms with van der Waals surface area (Å²) in [5.41, 5.74) is 1.53. The van der Waals surface area contributed by atoms with Crippen molar-refractivity contribution in [1.82, 2.24) is 4.90 Å². The molecule has 33 heavy (non-hydrogen) atoms. The van der Waals surface area contributed by atoms with Crippen LogP contribution in [-0.2, 0) is 20.8 Å². The van der Waals surface area contributed by atoms with E-state index >= 15 is 0 Å². The molecule has 9 nitrogen and oxygen atoms in total. The summed E-state index contributed by atoms with van der Waals surface area (Å²) in [6, 6.07) is 12.4. The van der Waals surface area contributed by atoms with Crippen molar-refractivity contribution >= 4 is 17.7 Å². The van der Waals surface area contributed by atoms with Crippen molar-refractivity contribution in [1.29, 1.82) is 0 Å². The van der Waals surface area contributed by atoms with Gasteiger partial charge >= 0.3 is 6.09 Å². The second kappa shape index (κ2) is 11.7. The average molecular weight is 456 g/mol. The van der Waals surface area contributed by atoms with Gasteiger partial charge in [-0.25, -0.2) is 4.79 Å². The molecule has 0 bridgehead atoms. The van der Waals surface area contributed by atoms with E-state index in [1.807, 2.05) is 19.1 Å². The smallest absolute Gasteiger partial charge is 0.410 e. The van der Waals surface area contributed by atoms with E-state index in [9.17, 15) is 9.59 Å². The normalized spacial score (nSPS) is 15.3. The maximum atomic E-state index is 12.3. The van der Waals surface area contributed by atoms with Crippen molar-refractivity contribution in [2.24, 2.45) is 0 Å². The second-order valence-electron chi connectivity index (χ2n) is 7.16. The van der Waals surface area contributed by atoms with Crippen LogP contribution in [0.2, 0.25) is 0 Å². The Labute approximate surface area is 192 Å². The van der Waals surface area contributed by atoms with Gasteiger partial charge in [-0.3, -0.25) is 4.79 Å². The Bertz CT molecular complexity index is 975. The highest BCUT2D eigenvalue weighted by atomic mass is 16.6. The Kier molecular flexibility index (Phi) is 8.40. The summed E-state index contributed by atoms with van der Waals surface area (Å²) in [6.07, 6.45) is 1.89. The van der Waals surface area contributed by atoms with Gasteiger partial charge < -0.3 is 33.9 Å².